The van der Waals surface area contributed by atoms with Gasteiger partial charge >= 0.3 is 0 Å². The third-order valence-electron chi connectivity index (χ3n) is 6.55. The first-order valence-electron chi connectivity index (χ1n) is 13.1. The summed E-state index contributed by atoms with van der Waals surface area (Å²) >= 11 is 0. The van der Waals surface area contributed by atoms with Crippen LogP contribution in [0.5, 0.6) is 0 Å². The average molecular weight is 548 g/mol. The summed E-state index contributed by atoms with van der Waals surface area (Å²) in [6.07, 6.45) is 7.59. The highest BCUT2D eigenvalue weighted by Crippen LogP contribution is 2.29. The lowest BCUT2D eigenvalue weighted by Crippen LogP contribution is -2.31. The van der Waals surface area contributed by atoms with Crippen molar-refractivity contribution in [2.45, 2.75) is 37.0 Å². The summed E-state index contributed by atoms with van der Waals surface area (Å²) < 4.78 is 35.2. The second-order valence-corrected chi connectivity index (χ2v) is 11.3. The van der Waals surface area contributed by atoms with Crippen molar-refractivity contribution in [3.63, 3.8) is 0 Å². The number of hydrogen-bond acceptors (Lipinski definition) is 6. The Hall–Kier alpha value is -3.78. The minimum absolute atomic E-state index is 0.0744. The van der Waals surface area contributed by atoms with E-state index >= 15 is 0 Å². The molecule has 0 aliphatic carbocycles. The Balaban J connectivity index is 1.73. The molecule has 1 N–H and O–H groups in total. The molecule has 204 valence electrons. The lowest BCUT2D eigenvalue weighted by atomic mass is 10.1. The van der Waals surface area contributed by atoms with Gasteiger partial charge in [0.15, 0.2) is 0 Å². The van der Waals surface area contributed by atoms with Crippen molar-refractivity contribution in [3.8, 4) is 23.0 Å². The van der Waals surface area contributed by atoms with Crippen molar-refractivity contribution in [2.24, 2.45) is 0 Å². The van der Waals surface area contributed by atoms with Crippen molar-refractivity contribution in [1.82, 2.24) is 19.4 Å². The van der Waals surface area contributed by atoms with Crippen LogP contribution in [0.3, 0.4) is 0 Å². The van der Waals surface area contributed by atoms with E-state index in [2.05, 4.69) is 5.32 Å². The molecular formula is C29H33N5O4S. The highest BCUT2D eigenvalue weighted by atomic mass is 32.2. The highest BCUT2D eigenvalue weighted by Gasteiger charge is 2.26. The predicted molar refractivity (Wildman–Crippen MR) is 149 cm³/mol. The van der Waals surface area contributed by atoms with E-state index in [9.17, 15) is 18.5 Å². The van der Waals surface area contributed by atoms with E-state index in [-0.39, 0.29) is 10.5 Å². The van der Waals surface area contributed by atoms with Gasteiger partial charge in [0.05, 0.1) is 10.6 Å². The quantitative estimate of drug-likeness (QED) is 0.231. The molecule has 0 atom stereocenters. The van der Waals surface area contributed by atoms with Gasteiger partial charge < -0.3 is 10.1 Å². The van der Waals surface area contributed by atoms with E-state index in [1.165, 1.54) is 6.08 Å². The Kier molecular flexibility index (Phi) is 9.65. The maximum absolute atomic E-state index is 13.5. The molecule has 1 aliphatic rings. The van der Waals surface area contributed by atoms with Crippen LogP contribution in [0.2, 0.25) is 0 Å². The summed E-state index contributed by atoms with van der Waals surface area (Å²) in [5.41, 5.74) is 2.27. The summed E-state index contributed by atoms with van der Waals surface area (Å²) in [7, 11) is -2.09. The average Bonchev–Trinajstić information content (AvgIpc) is 3.18. The van der Waals surface area contributed by atoms with Crippen LogP contribution in [0.25, 0.3) is 23.0 Å². The first-order valence-corrected chi connectivity index (χ1v) is 14.5. The van der Waals surface area contributed by atoms with Gasteiger partial charge in [-0.2, -0.15) is 14.7 Å². The third-order valence-corrected chi connectivity index (χ3v) is 8.44. The summed E-state index contributed by atoms with van der Waals surface area (Å²) in [6.45, 7) is 1.89. The number of ether oxygens (including phenoxy) is 1. The number of benzene rings is 2. The molecular weight excluding hydrogens is 514 g/mol. The van der Waals surface area contributed by atoms with E-state index < -0.39 is 15.9 Å². The van der Waals surface area contributed by atoms with Gasteiger partial charge in [-0.05, 0) is 49.6 Å². The van der Waals surface area contributed by atoms with E-state index in [1.54, 1.807) is 46.6 Å². The number of carbonyl (C=O) groups excluding carboxylic acids is 1. The topological polar surface area (TPSA) is 117 Å². The minimum atomic E-state index is -3.67. The number of carbonyl (C=O) groups is 1. The van der Waals surface area contributed by atoms with Crippen molar-refractivity contribution in [3.05, 3.63) is 71.9 Å². The van der Waals surface area contributed by atoms with E-state index in [4.69, 9.17) is 9.84 Å². The van der Waals surface area contributed by atoms with Crippen LogP contribution in [-0.4, -0.2) is 61.8 Å². The summed E-state index contributed by atoms with van der Waals surface area (Å²) in [5, 5.41) is 17.2. The molecule has 1 amide bonds. The van der Waals surface area contributed by atoms with Gasteiger partial charge in [0, 0.05) is 50.7 Å². The fourth-order valence-corrected chi connectivity index (χ4v) is 6.05. The van der Waals surface area contributed by atoms with E-state index in [0.29, 0.717) is 49.5 Å². The predicted octanol–water partition coefficient (Wildman–Crippen LogP) is 4.16. The number of amides is 1. The van der Waals surface area contributed by atoms with Crippen molar-refractivity contribution in [2.75, 3.05) is 33.4 Å². The number of aromatic nitrogens is 2. The van der Waals surface area contributed by atoms with Gasteiger partial charge in [-0.3, -0.25) is 4.79 Å². The molecule has 9 nitrogen and oxygen atoms in total. The number of hydrogen-bond donors (Lipinski definition) is 1. The molecule has 1 aromatic heterocycles. The highest BCUT2D eigenvalue weighted by molar-refractivity contribution is 7.89. The first kappa shape index (κ1) is 28.2. The number of nitriles is 1. The van der Waals surface area contributed by atoms with Crippen LogP contribution < -0.4 is 5.32 Å². The zero-order valence-electron chi connectivity index (χ0n) is 22.0. The van der Waals surface area contributed by atoms with E-state index in [1.807, 2.05) is 36.4 Å². The number of nitrogens with zero attached hydrogens (tertiary/aromatic N) is 4. The number of rotatable bonds is 10. The molecule has 10 heteroatoms. The molecule has 4 rings (SSSR count). The largest absolute Gasteiger partial charge is 0.385 e. The van der Waals surface area contributed by atoms with E-state index in [0.717, 1.165) is 31.4 Å². The van der Waals surface area contributed by atoms with Crippen molar-refractivity contribution >= 4 is 22.0 Å². The molecule has 3 aromatic rings. The molecule has 0 unspecified atom stereocenters. The number of nitrogens with one attached hydrogen (secondary N) is 1. The van der Waals surface area contributed by atoms with Gasteiger partial charge in [-0.25, -0.2) is 13.1 Å². The molecule has 1 fully saturated rings. The SMILES string of the molecule is COCCCNC(=O)C(C#N)=Cc1cn(-c2ccccc2)nc1-c1cccc(S(=O)(=O)N2CCCCCC2)c1. The molecule has 0 radical (unpaired) electrons. The van der Waals surface area contributed by atoms with Gasteiger partial charge in [-0.15, -0.1) is 0 Å². The summed E-state index contributed by atoms with van der Waals surface area (Å²) in [4.78, 5) is 12.9. The zero-order valence-corrected chi connectivity index (χ0v) is 22.9. The normalized spacial score (nSPS) is 14.9. The molecule has 0 saturated carbocycles. The Bertz CT molecular complexity index is 1450. The standard InChI is InChI=1S/C29H33N5O4S/c1-38-18-10-15-31-29(35)24(21-30)19-25-22-34(26-12-5-4-6-13-26)32-28(25)23-11-9-14-27(20-23)39(36,37)33-16-7-2-3-8-17-33/h4-6,9,11-14,19-20,22H,2-3,7-8,10,15-18H2,1H3,(H,31,35). The minimum Gasteiger partial charge on any atom is -0.385 e. The number of methoxy groups -OCH3 is 1. The fraction of sp³-hybridized carbons (Fsp3) is 0.345. The molecule has 39 heavy (non-hydrogen) atoms. The smallest absolute Gasteiger partial charge is 0.261 e. The lowest BCUT2D eigenvalue weighted by molar-refractivity contribution is -0.117. The van der Waals surface area contributed by atoms with Crippen LogP contribution in [0.1, 0.15) is 37.7 Å². The Morgan fingerprint density at radius 2 is 1.85 bits per heavy atom. The lowest BCUT2D eigenvalue weighted by Gasteiger charge is -2.20. The molecule has 0 spiro atoms. The Morgan fingerprint density at radius 3 is 2.54 bits per heavy atom. The summed E-state index contributed by atoms with van der Waals surface area (Å²) in [6, 6.07) is 18.1. The maximum Gasteiger partial charge on any atom is 0.261 e. The van der Waals surface area contributed by atoms with Crippen LogP contribution in [-0.2, 0) is 19.6 Å². The summed E-state index contributed by atoms with van der Waals surface area (Å²) in [5.74, 6) is -0.496. The van der Waals surface area contributed by atoms with Crippen LogP contribution in [0, 0.1) is 11.3 Å². The van der Waals surface area contributed by atoms with Crippen LogP contribution in [0.15, 0.2) is 71.3 Å². The number of para-hydroxylation sites is 1. The van der Waals surface area contributed by atoms with Gasteiger partial charge in [0.25, 0.3) is 5.91 Å². The maximum atomic E-state index is 13.5. The zero-order chi connectivity index (χ0) is 27.7. The van der Waals surface area contributed by atoms with Crippen molar-refractivity contribution in [1.29, 1.82) is 5.26 Å². The first-order chi connectivity index (χ1) is 18.9. The van der Waals surface area contributed by atoms with Crippen LogP contribution >= 0.6 is 0 Å². The molecule has 2 heterocycles. The third kappa shape index (κ3) is 7.00. The Labute approximate surface area is 229 Å². The molecule has 1 aliphatic heterocycles. The molecule has 1 saturated heterocycles. The molecule has 0 bridgehead atoms. The van der Waals surface area contributed by atoms with Gasteiger partial charge in [0.1, 0.15) is 17.3 Å². The second kappa shape index (κ2) is 13.3. The monoisotopic (exact) mass is 547 g/mol. The second-order valence-electron chi connectivity index (χ2n) is 9.33. The van der Waals surface area contributed by atoms with Gasteiger partial charge in [-0.1, -0.05) is 43.2 Å². The van der Waals surface area contributed by atoms with Gasteiger partial charge in [0.2, 0.25) is 10.0 Å². The van der Waals surface area contributed by atoms with Crippen LogP contribution in [0.4, 0.5) is 0 Å². The fourth-order valence-electron chi connectivity index (χ4n) is 4.48. The Morgan fingerprint density at radius 1 is 1.10 bits per heavy atom. The van der Waals surface area contributed by atoms with Crippen molar-refractivity contribution < 1.29 is 17.9 Å². The number of sulfonamides is 1. The molecule has 2 aromatic carbocycles.